The van der Waals surface area contributed by atoms with Gasteiger partial charge in [-0.1, -0.05) is 15.9 Å². The minimum atomic E-state index is 0.592. The van der Waals surface area contributed by atoms with Crippen LogP contribution in [-0.2, 0) is 0 Å². The van der Waals surface area contributed by atoms with Crippen molar-refractivity contribution >= 4 is 48.9 Å². The van der Waals surface area contributed by atoms with E-state index in [1.54, 1.807) is 0 Å². The summed E-state index contributed by atoms with van der Waals surface area (Å²) in [7, 11) is 0. The smallest absolute Gasteiger partial charge is 0.144 e. The number of halogens is 2. The van der Waals surface area contributed by atoms with Gasteiger partial charge in [-0.25, -0.2) is 0 Å². The van der Waals surface area contributed by atoms with E-state index in [-0.39, 0.29) is 0 Å². The number of hydrogen-bond donors (Lipinski definition) is 2. The van der Waals surface area contributed by atoms with Crippen LogP contribution in [-0.4, -0.2) is 6.61 Å². The Balaban J connectivity index is 2.28. The molecule has 0 spiro atoms. The first-order valence-corrected chi connectivity index (χ1v) is 7.43. The van der Waals surface area contributed by atoms with E-state index in [2.05, 4.69) is 37.2 Å². The van der Waals surface area contributed by atoms with Gasteiger partial charge < -0.3 is 15.8 Å². The first-order valence-electron chi connectivity index (χ1n) is 5.84. The molecule has 2 aromatic carbocycles. The summed E-state index contributed by atoms with van der Waals surface area (Å²) >= 11 is 6.97. The standard InChI is InChI=1S/C14H14Br2N2O/c1-2-19-14-8-10(4-6-12(14)17)18-13-7-9(15)3-5-11(13)16/h3-8,18H,2,17H2,1H3. The number of rotatable bonds is 4. The lowest BCUT2D eigenvalue weighted by molar-refractivity contribution is 0.342. The first kappa shape index (κ1) is 14.2. The highest BCUT2D eigenvalue weighted by Crippen LogP contribution is 2.32. The van der Waals surface area contributed by atoms with Gasteiger partial charge in [0.2, 0.25) is 0 Å². The van der Waals surface area contributed by atoms with Crippen LogP contribution < -0.4 is 15.8 Å². The van der Waals surface area contributed by atoms with E-state index in [4.69, 9.17) is 10.5 Å². The van der Waals surface area contributed by atoms with Gasteiger partial charge in [0.15, 0.2) is 0 Å². The summed E-state index contributed by atoms with van der Waals surface area (Å²) in [5.74, 6) is 0.693. The zero-order valence-corrected chi connectivity index (χ0v) is 13.6. The van der Waals surface area contributed by atoms with Gasteiger partial charge in [0.25, 0.3) is 0 Å². The van der Waals surface area contributed by atoms with Crippen LogP contribution in [0.25, 0.3) is 0 Å². The minimum absolute atomic E-state index is 0.592. The molecule has 100 valence electrons. The molecule has 0 bridgehead atoms. The minimum Gasteiger partial charge on any atom is -0.492 e. The molecule has 0 atom stereocenters. The van der Waals surface area contributed by atoms with Crippen molar-refractivity contribution in [3.63, 3.8) is 0 Å². The lowest BCUT2D eigenvalue weighted by atomic mass is 10.2. The molecular formula is C14H14Br2N2O. The van der Waals surface area contributed by atoms with Crippen molar-refractivity contribution in [1.29, 1.82) is 0 Å². The van der Waals surface area contributed by atoms with Gasteiger partial charge in [-0.15, -0.1) is 0 Å². The fourth-order valence-corrected chi connectivity index (χ4v) is 2.35. The summed E-state index contributed by atoms with van der Waals surface area (Å²) in [6.07, 6.45) is 0. The molecule has 0 heterocycles. The van der Waals surface area contributed by atoms with E-state index >= 15 is 0 Å². The van der Waals surface area contributed by atoms with Crippen molar-refractivity contribution in [3.05, 3.63) is 45.3 Å². The SMILES string of the molecule is CCOc1cc(Nc2cc(Br)ccc2Br)ccc1N. The van der Waals surface area contributed by atoms with Crippen molar-refractivity contribution in [2.24, 2.45) is 0 Å². The third-order valence-electron chi connectivity index (χ3n) is 2.52. The van der Waals surface area contributed by atoms with Crippen LogP contribution in [0.1, 0.15) is 6.92 Å². The largest absolute Gasteiger partial charge is 0.492 e. The molecule has 19 heavy (non-hydrogen) atoms. The number of nitrogens with two attached hydrogens (primary N) is 1. The molecule has 0 aliphatic heterocycles. The maximum atomic E-state index is 5.85. The second kappa shape index (κ2) is 6.30. The van der Waals surface area contributed by atoms with Crippen molar-refractivity contribution < 1.29 is 4.74 Å². The third-order valence-corrected chi connectivity index (χ3v) is 3.71. The molecule has 5 heteroatoms. The van der Waals surface area contributed by atoms with Crippen LogP contribution >= 0.6 is 31.9 Å². The number of anilines is 3. The first-order chi connectivity index (χ1) is 9.10. The third kappa shape index (κ3) is 3.64. The number of ether oxygens (including phenoxy) is 1. The number of nitrogens with one attached hydrogen (secondary N) is 1. The maximum Gasteiger partial charge on any atom is 0.144 e. The van der Waals surface area contributed by atoms with E-state index in [1.165, 1.54) is 0 Å². The Bertz CT molecular complexity index is 588. The Kier molecular flexibility index (Phi) is 4.71. The van der Waals surface area contributed by atoms with Gasteiger partial charge in [0, 0.05) is 20.7 Å². The Morgan fingerprint density at radius 1 is 1.16 bits per heavy atom. The summed E-state index contributed by atoms with van der Waals surface area (Å²) in [4.78, 5) is 0. The number of nitrogen functional groups attached to an aromatic ring is 1. The van der Waals surface area contributed by atoms with Gasteiger partial charge in [-0.2, -0.15) is 0 Å². The monoisotopic (exact) mass is 384 g/mol. The predicted octanol–water partition coefficient (Wildman–Crippen LogP) is 4.94. The maximum absolute atomic E-state index is 5.85. The van der Waals surface area contributed by atoms with Crippen molar-refractivity contribution in [3.8, 4) is 5.75 Å². The molecule has 0 fully saturated rings. The average molecular weight is 386 g/mol. The molecule has 0 unspecified atom stereocenters. The zero-order chi connectivity index (χ0) is 13.8. The molecule has 0 aromatic heterocycles. The summed E-state index contributed by atoms with van der Waals surface area (Å²) in [6.45, 7) is 2.53. The Labute approximate surface area is 129 Å². The van der Waals surface area contributed by atoms with E-state index < -0.39 is 0 Å². The average Bonchev–Trinajstić information content (AvgIpc) is 2.38. The molecule has 0 aliphatic carbocycles. The molecule has 0 saturated carbocycles. The van der Waals surface area contributed by atoms with Crippen molar-refractivity contribution in [1.82, 2.24) is 0 Å². The summed E-state index contributed by atoms with van der Waals surface area (Å²) < 4.78 is 7.49. The van der Waals surface area contributed by atoms with E-state index in [9.17, 15) is 0 Å². The van der Waals surface area contributed by atoms with Crippen LogP contribution in [0, 0.1) is 0 Å². The quantitative estimate of drug-likeness (QED) is 0.733. The molecule has 3 N–H and O–H groups in total. The summed E-state index contributed by atoms with van der Waals surface area (Å²) in [6, 6.07) is 11.6. The fraction of sp³-hybridized carbons (Fsp3) is 0.143. The normalized spacial score (nSPS) is 10.3. The lowest BCUT2D eigenvalue weighted by Crippen LogP contribution is -1.98. The van der Waals surface area contributed by atoms with Crippen molar-refractivity contribution in [2.45, 2.75) is 6.92 Å². The van der Waals surface area contributed by atoms with Gasteiger partial charge >= 0.3 is 0 Å². The van der Waals surface area contributed by atoms with E-state index in [1.807, 2.05) is 43.3 Å². The Morgan fingerprint density at radius 3 is 2.68 bits per heavy atom. The molecule has 2 aromatic rings. The molecular weight excluding hydrogens is 372 g/mol. The number of hydrogen-bond acceptors (Lipinski definition) is 3. The van der Waals surface area contributed by atoms with Gasteiger partial charge in [-0.05, 0) is 53.2 Å². The predicted molar refractivity (Wildman–Crippen MR) is 87.1 cm³/mol. The summed E-state index contributed by atoms with van der Waals surface area (Å²) in [5, 5.41) is 3.33. The highest BCUT2D eigenvalue weighted by molar-refractivity contribution is 9.11. The van der Waals surface area contributed by atoms with E-state index in [0.717, 1.165) is 20.3 Å². The van der Waals surface area contributed by atoms with Crippen molar-refractivity contribution in [2.75, 3.05) is 17.7 Å². The zero-order valence-electron chi connectivity index (χ0n) is 10.4. The van der Waals surface area contributed by atoms with Crippen LogP contribution in [0.15, 0.2) is 45.3 Å². The molecule has 0 amide bonds. The second-order valence-corrected chi connectivity index (χ2v) is 5.70. The summed E-state index contributed by atoms with van der Waals surface area (Å²) in [5.41, 5.74) is 8.39. The highest BCUT2D eigenvalue weighted by atomic mass is 79.9. The van der Waals surface area contributed by atoms with Gasteiger partial charge in [-0.3, -0.25) is 0 Å². The molecule has 0 radical (unpaired) electrons. The lowest BCUT2D eigenvalue weighted by Gasteiger charge is -2.12. The Hall–Kier alpha value is -1.20. The van der Waals surface area contributed by atoms with E-state index in [0.29, 0.717) is 18.0 Å². The highest BCUT2D eigenvalue weighted by Gasteiger charge is 2.05. The van der Waals surface area contributed by atoms with Gasteiger partial charge in [0.1, 0.15) is 5.75 Å². The van der Waals surface area contributed by atoms with Crippen LogP contribution in [0.5, 0.6) is 5.75 Å². The molecule has 0 saturated heterocycles. The topological polar surface area (TPSA) is 47.3 Å². The fourth-order valence-electron chi connectivity index (χ4n) is 1.64. The van der Waals surface area contributed by atoms with Gasteiger partial charge in [0.05, 0.1) is 18.0 Å². The van der Waals surface area contributed by atoms with Crippen LogP contribution in [0.2, 0.25) is 0 Å². The Morgan fingerprint density at radius 2 is 1.95 bits per heavy atom. The van der Waals surface area contributed by atoms with Crippen LogP contribution in [0.4, 0.5) is 17.1 Å². The van der Waals surface area contributed by atoms with Crippen LogP contribution in [0.3, 0.4) is 0 Å². The second-order valence-electron chi connectivity index (χ2n) is 3.93. The molecule has 2 rings (SSSR count). The molecule has 3 nitrogen and oxygen atoms in total. The number of benzene rings is 2. The molecule has 0 aliphatic rings.